The molecular formula is C43H79IN2O3. The van der Waals surface area contributed by atoms with Gasteiger partial charge in [-0.1, -0.05) is 104 Å². The highest BCUT2D eigenvalue weighted by Crippen LogP contribution is 2.67. The molecule has 5 nitrogen and oxygen atoms in total. The molecule has 3 fully saturated rings. The van der Waals surface area contributed by atoms with Crippen LogP contribution in [0, 0.1) is 46.3 Å². The monoisotopic (exact) mass is 799 g/mol. The summed E-state index contributed by atoms with van der Waals surface area (Å²) < 4.78 is 7.01. The van der Waals surface area contributed by atoms with E-state index in [0.717, 1.165) is 72.3 Å². The number of carbonyl (C=O) groups is 1. The topological polar surface area (TPSA) is 58.6 Å². The van der Waals surface area contributed by atoms with Crippen molar-refractivity contribution in [1.82, 2.24) is 5.32 Å². The molecule has 4 rings (SSSR count). The maximum atomic E-state index is 12.9. The highest BCUT2D eigenvalue weighted by atomic mass is 127. The number of aliphatic hydroxyl groups excluding tert-OH is 1. The lowest BCUT2D eigenvalue weighted by molar-refractivity contribution is -0.889. The van der Waals surface area contributed by atoms with E-state index in [0.29, 0.717) is 24.0 Å². The molecule has 0 aromatic carbocycles. The standard InChI is InChI=1S/C43H78N2O3.HI/c1-33(2)18-17-19-34(3)38-22-23-39-37-21-20-35-32-36(24-26-42(35,4)40(37)25-27-43(38,39)5)48-41(47)44-28-30-45(6,7)29-15-13-11-9-8-10-12-14-16-31-46;/h20,33-34,36-40,46H,8-19,21-32H2,1-7H3;1H/t34-,36+,37+,38-,39+,40+,42+,43-;/m1./s1. The molecule has 0 unspecified atom stereocenters. The molecule has 0 aliphatic heterocycles. The van der Waals surface area contributed by atoms with Crippen LogP contribution in [0.15, 0.2) is 11.6 Å². The number of hydrogen-bond acceptors (Lipinski definition) is 3. The first-order valence-electron chi connectivity index (χ1n) is 21.0. The van der Waals surface area contributed by atoms with E-state index in [2.05, 4.69) is 60.1 Å². The van der Waals surface area contributed by atoms with Crippen molar-refractivity contribution in [3.63, 3.8) is 0 Å². The molecule has 3 saturated carbocycles. The van der Waals surface area contributed by atoms with Gasteiger partial charge in [-0.2, -0.15) is 0 Å². The number of fused-ring (bicyclic) bond motifs is 5. The number of nitrogens with one attached hydrogen (secondary N) is 1. The van der Waals surface area contributed by atoms with Crippen LogP contribution in [0.5, 0.6) is 0 Å². The number of aliphatic hydroxyl groups is 1. The summed E-state index contributed by atoms with van der Waals surface area (Å²) in [6.45, 7) is 15.7. The van der Waals surface area contributed by atoms with Gasteiger partial charge in [0.1, 0.15) is 6.10 Å². The van der Waals surface area contributed by atoms with E-state index >= 15 is 0 Å². The number of ether oxygens (including phenoxy) is 1. The Balaban J connectivity index is 0.00000650. The van der Waals surface area contributed by atoms with Gasteiger partial charge in [0.15, 0.2) is 0 Å². The van der Waals surface area contributed by atoms with Crippen molar-refractivity contribution in [3.8, 4) is 0 Å². The van der Waals surface area contributed by atoms with Gasteiger partial charge in [-0.3, -0.25) is 0 Å². The van der Waals surface area contributed by atoms with Crippen LogP contribution in [0.4, 0.5) is 4.79 Å². The zero-order chi connectivity index (χ0) is 34.8. The minimum atomic E-state index is -0.218. The smallest absolute Gasteiger partial charge is 0.407 e. The van der Waals surface area contributed by atoms with Crippen LogP contribution in [0.25, 0.3) is 0 Å². The second kappa shape index (κ2) is 20.2. The summed E-state index contributed by atoms with van der Waals surface area (Å²) in [7, 11) is 4.57. The van der Waals surface area contributed by atoms with Crippen molar-refractivity contribution in [3.05, 3.63) is 11.6 Å². The van der Waals surface area contributed by atoms with Gasteiger partial charge in [0, 0.05) is 13.0 Å². The number of alkyl carbamates (subject to hydrolysis) is 1. The molecule has 0 aromatic rings. The van der Waals surface area contributed by atoms with Crippen LogP contribution >= 0.6 is 0 Å². The van der Waals surface area contributed by atoms with Gasteiger partial charge in [0.25, 0.3) is 0 Å². The van der Waals surface area contributed by atoms with Crippen LogP contribution in [0.1, 0.15) is 163 Å². The lowest BCUT2D eigenvalue weighted by atomic mass is 9.47. The third-order valence-corrected chi connectivity index (χ3v) is 14.4. The lowest BCUT2D eigenvalue weighted by Crippen LogP contribution is -3.00. The van der Waals surface area contributed by atoms with Gasteiger partial charge in [0.2, 0.25) is 0 Å². The molecule has 4 aliphatic rings. The summed E-state index contributed by atoms with van der Waals surface area (Å²) in [5.74, 6) is 5.15. The van der Waals surface area contributed by atoms with Crippen molar-refractivity contribution in [2.24, 2.45) is 46.3 Å². The van der Waals surface area contributed by atoms with Crippen molar-refractivity contribution in [2.45, 2.75) is 169 Å². The number of allylic oxidation sites excluding steroid dienone is 1. The zero-order valence-corrected chi connectivity index (χ0v) is 35.3. The Hall–Kier alpha value is -0.340. The fourth-order valence-corrected chi connectivity index (χ4v) is 11.4. The number of rotatable bonds is 20. The highest BCUT2D eigenvalue weighted by Gasteiger charge is 2.59. The minimum absolute atomic E-state index is 0. The molecule has 0 bridgehead atoms. The SMILES string of the molecule is CC(C)CCC[C@@H](C)[C@H]1CC[C@H]2[C@@H]3CC=C4C[C@@H](OC(=O)NCC[N+](C)(C)CCCCCCCCCCCO)CC[C@]4(C)[C@H]3CC[C@]12C.[I-]. The summed E-state index contributed by atoms with van der Waals surface area (Å²) in [4.78, 5) is 12.9. The van der Waals surface area contributed by atoms with Gasteiger partial charge < -0.3 is 43.6 Å². The fourth-order valence-electron chi connectivity index (χ4n) is 11.4. The fraction of sp³-hybridized carbons (Fsp3) is 0.930. The van der Waals surface area contributed by atoms with E-state index in [1.165, 1.54) is 109 Å². The van der Waals surface area contributed by atoms with Crippen molar-refractivity contribution in [1.29, 1.82) is 0 Å². The molecule has 1 amide bonds. The maximum absolute atomic E-state index is 12.9. The van der Waals surface area contributed by atoms with Crippen molar-refractivity contribution >= 4 is 6.09 Å². The van der Waals surface area contributed by atoms with Gasteiger partial charge in [0.05, 0.1) is 33.7 Å². The molecule has 0 saturated heterocycles. The maximum Gasteiger partial charge on any atom is 0.407 e. The van der Waals surface area contributed by atoms with E-state index in [1.54, 1.807) is 5.57 Å². The summed E-state index contributed by atoms with van der Waals surface area (Å²) >= 11 is 0. The normalized spacial score (nSPS) is 31.6. The number of carbonyl (C=O) groups excluding carboxylic acids is 1. The summed E-state index contributed by atoms with van der Waals surface area (Å²) in [6, 6.07) is 0. The molecule has 2 N–H and O–H groups in total. The molecule has 8 atom stereocenters. The Morgan fingerprint density at radius 2 is 1.55 bits per heavy atom. The highest BCUT2D eigenvalue weighted by molar-refractivity contribution is 5.67. The van der Waals surface area contributed by atoms with E-state index in [9.17, 15) is 4.79 Å². The summed E-state index contributed by atoms with van der Waals surface area (Å²) in [6.07, 6.45) is 27.9. The minimum Gasteiger partial charge on any atom is -1.00 e. The Labute approximate surface area is 320 Å². The Kier molecular flexibility index (Phi) is 17.8. The van der Waals surface area contributed by atoms with Gasteiger partial charge in [-0.25, -0.2) is 4.79 Å². The molecule has 286 valence electrons. The lowest BCUT2D eigenvalue weighted by Gasteiger charge is -2.58. The number of likely N-dealkylation sites (N-methyl/N-ethyl adjacent to an activating group) is 1. The number of nitrogens with zero attached hydrogens (tertiary/aromatic N) is 1. The van der Waals surface area contributed by atoms with Gasteiger partial charge in [-0.15, -0.1) is 0 Å². The Morgan fingerprint density at radius 3 is 2.22 bits per heavy atom. The quantitative estimate of drug-likeness (QED) is 0.0575. The van der Waals surface area contributed by atoms with Crippen molar-refractivity contribution in [2.75, 3.05) is 40.3 Å². The number of halogens is 1. The average Bonchev–Trinajstić information content (AvgIpc) is 3.39. The van der Waals surface area contributed by atoms with Gasteiger partial charge in [-0.05, 0) is 111 Å². The molecule has 0 aromatic heterocycles. The van der Waals surface area contributed by atoms with Crippen LogP contribution in [0.2, 0.25) is 0 Å². The van der Waals surface area contributed by atoms with Crippen molar-refractivity contribution < 1.29 is 43.1 Å². The molecular weight excluding hydrogens is 719 g/mol. The molecule has 4 aliphatic carbocycles. The van der Waals surface area contributed by atoms with E-state index < -0.39 is 0 Å². The van der Waals surface area contributed by atoms with Crippen LogP contribution in [0.3, 0.4) is 0 Å². The van der Waals surface area contributed by atoms with Crippen LogP contribution in [-0.4, -0.2) is 62.1 Å². The van der Waals surface area contributed by atoms with Crippen LogP contribution in [-0.2, 0) is 4.74 Å². The predicted octanol–water partition coefficient (Wildman–Crippen LogP) is 7.71. The predicted molar refractivity (Wildman–Crippen MR) is 202 cm³/mol. The van der Waals surface area contributed by atoms with Gasteiger partial charge >= 0.3 is 6.09 Å². The number of hydrogen-bond donors (Lipinski definition) is 2. The largest absolute Gasteiger partial charge is 1.00 e. The first-order chi connectivity index (χ1) is 22.9. The molecule has 6 heteroatoms. The zero-order valence-electron chi connectivity index (χ0n) is 33.2. The average molecular weight is 799 g/mol. The number of unbranched alkanes of at least 4 members (excludes halogenated alkanes) is 8. The summed E-state index contributed by atoms with van der Waals surface area (Å²) in [5, 5.41) is 12.0. The number of quaternary nitrogens is 1. The molecule has 0 radical (unpaired) electrons. The van der Waals surface area contributed by atoms with Crippen LogP contribution < -0.4 is 29.3 Å². The first kappa shape index (κ1) is 43.1. The van der Waals surface area contributed by atoms with E-state index in [4.69, 9.17) is 9.84 Å². The molecule has 0 heterocycles. The second-order valence-corrected chi connectivity index (χ2v) is 18.8. The third-order valence-electron chi connectivity index (χ3n) is 14.4. The molecule has 0 spiro atoms. The Bertz CT molecular complexity index is 1020. The molecule has 49 heavy (non-hydrogen) atoms. The van der Waals surface area contributed by atoms with E-state index in [1.807, 2.05) is 0 Å². The second-order valence-electron chi connectivity index (χ2n) is 18.8. The third kappa shape index (κ3) is 11.8. The summed E-state index contributed by atoms with van der Waals surface area (Å²) in [5.41, 5.74) is 2.43. The number of amides is 1. The first-order valence-corrected chi connectivity index (χ1v) is 21.0. The Morgan fingerprint density at radius 1 is 0.878 bits per heavy atom. The van der Waals surface area contributed by atoms with E-state index in [-0.39, 0.29) is 36.2 Å².